The van der Waals surface area contributed by atoms with E-state index in [4.69, 9.17) is 34.8 Å². The van der Waals surface area contributed by atoms with E-state index in [1.54, 1.807) is 37.3 Å². The summed E-state index contributed by atoms with van der Waals surface area (Å²) in [5.74, 6) is -2.53. The summed E-state index contributed by atoms with van der Waals surface area (Å²) in [6.45, 7) is 3.08. The summed E-state index contributed by atoms with van der Waals surface area (Å²) < 4.78 is 29.0. The number of aromatic nitrogens is 1. The summed E-state index contributed by atoms with van der Waals surface area (Å²) in [5, 5.41) is 15.9. The van der Waals surface area contributed by atoms with Gasteiger partial charge in [-0.25, -0.2) is 13.2 Å². The van der Waals surface area contributed by atoms with Crippen molar-refractivity contribution in [3.05, 3.63) is 87.1 Å². The molecule has 2 fully saturated rings. The Hall–Kier alpha value is -3.26. The van der Waals surface area contributed by atoms with Gasteiger partial charge in [-0.3, -0.25) is 19.5 Å². The third kappa shape index (κ3) is 6.87. The van der Waals surface area contributed by atoms with E-state index < -0.39 is 45.4 Å². The van der Waals surface area contributed by atoms with E-state index >= 15 is 0 Å². The number of nitrogens with one attached hydrogen (secondary N) is 2. The Morgan fingerprint density at radius 2 is 1.67 bits per heavy atom. The van der Waals surface area contributed by atoms with Crippen molar-refractivity contribution in [1.82, 2.24) is 19.5 Å². The van der Waals surface area contributed by atoms with Crippen molar-refractivity contribution in [3.63, 3.8) is 0 Å². The number of carbonyl (C=O) groups excluding carboxylic acids is 2. The van der Waals surface area contributed by atoms with E-state index in [1.807, 2.05) is 0 Å². The number of sulfonamides is 1. The number of carboxylic acid groups (broad SMARTS) is 1. The second-order valence-corrected chi connectivity index (χ2v) is 14.5. The number of carboxylic acids is 1. The molecule has 0 spiro atoms. The van der Waals surface area contributed by atoms with Crippen LogP contribution in [0.2, 0.25) is 15.1 Å². The maximum Gasteiger partial charge on any atom is 0.326 e. The SMILES string of the molecule is CC1(C(=O)NC(Cc2ccc(NC(=O)c3c(Cl)cncc3Cl)cc2)C(=O)O)C(N2CCCC2)CCN1S(=O)(=O)c1cccc(Cl)c1. The van der Waals surface area contributed by atoms with E-state index in [-0.39, 0.29) is 38.5 Å². The highest BCUT2D eigenvalue weighted by molar-refractivity contribution is 7.89. The van der Waals surface area contributed by atoms with E-state index in [0.29, 0.717) is 30.8 Å². The zero-order valence-corrected chi connectivity index (χ0v) is 27.8. The number of hydrogen-bond acceptors (Lipinski definition) is 7. The van der Waals surface area contributed by atoms with Crippen LogP contribution >= 0.6 is 34.8 Å². The number of anilines is 1. The van der Waals surface area contributed by atoms with Crippen molar-refractivity contribution in [1.29, 1.82) is 0 Å². The molecule has 2 saturated heterocycles. The van der Waals surface area contributed by atoms with Crippen LogP contribution in [0.1, 0.15) is 42.1 Å². The molecule has 3 unspecified atom stereocenters. The number of benzene rings is 2. The maximum atomic E-state index is 14.2. The molecule has 46 heavy (non-hydrogen) atoms. The zero-order chi connectivity index (χ0) is 33.2. The van der Waals surface area contributed by atoms with Crippen LogP contribution in [0, 0.1) is 0 Å². The van der Waals surface area contributed by atoms with E-state index in [0.717, 1.165) is 12.8 Å². The first-order valence-corrected chi connectivity index (χ1v) is 17.1. The Morgan fingerprint density at radius 3 is 2.28 bits per heavy atom. The summed E-state index contributed by atoms with van der Waals surface area (Å²) in [6, 6.07) is 10.4. The van der Waals surface area contributed by atoms with Gasteiger partial charge in [-0.1, -0.05) is 53.0 Å². The molecule has 3 atom stereocenters. The smallest absolute Gasteiger partial charge is 0.326 e. The Labute approximate surface area is 281 Å². The molecule has 2 aliphatic heterocycles. The number of rotatable bonds is 10. The highest BCUT2D eigenvalue weighted by atomic mass is 35.5. The molecule has 0 saturated carbocycles. The Balaban J connectivity index is 1.36. The first-order valence-electron chi connectivity index (χ1n) is 14.6. The number of carbonyl (C=O) groups is 3. The summed E-state index contributed by atoms with van der Waals surface area (Å²) >= 11 is 18.3. The highest BCUT2D eigenvalue weighted by Crippen LogP contribution is 2.39. The molecule has 0 radical (unpaired) electrons. The summed E-state index contributed by atoms with van der Waals surface area (Å²) in [7, 11) is -4.17. The molecular weight excluding hydrogens is 677 g/mol. The largest absolute Gasteiger partial charge is 0.480 e. The van der Waals surface area contributed by atoms with E-state index in [9.17, 15) is 27.9 Å². The number of halogens is 3. The molecule has 11 nitrogen and oxygen atoms in total. The van der Waals surface area contributed by atoms with Crippen LogP contribution in [0.5, 0.6) is 0 Å². The molecule has 2 aliphatic rings. The molecule has 3 N–H and O–H groups in total. The molecular formula is C31H32Cl3N5O6S. The quantitative estimate of drug-likeness (QED) is 0.274. The standard InChI is InChI=1S/C31H32Cl3N5O6S/c1-31(26(38-12-2-3-13-38)11-14-39(31)46(44,45)22-6-4-5-20(32)16-22)30(43)37-25(29(41)42)15-19-7-9-21(10-8-19)36-28(40)27-23(33)17-35-18-24(27)34/h4-10,16-18,25-26H,2-3,11-15H2,1H3,(H,36,40)(H,37,43)(H,41,42). The summed E-state index contributed by atoms with van der Waals surface area (Å²) in [4.78, 5) is 45.2. The number of amides is 2. The van der Waals surface area contributed by atoms with Gasteiger partial charge in [0.1, 0.15) is 11.6 Å². The van der Waals surface area contributed by atoms with Gasteiger partial charge in [-0.05, 0) is 75.2 Å². The first-order chi connectivity index (χ1) is 21.8. The molecule has 244 valence electrons. The lowest BCUT2D eigenvalue weighted by molar-refractivity contribution is -0.143. The molecule has 0 bridgehead atoms. The molecule has 15 heteroatoms. The Morgan fingerprint density at radius 1 is 1.02 bits per heavy atom. The van der Waals surface area contributed by atoms with Gasteiger partial charge in [0.15, 0.2) is 0 Å². The van der Waals surface area contributed by atoms with Crippen molar-refractivity contribution in [3.8, 4) is 0 Å². The van der Waals surface area contributed by atoms with Crippen LogP contribution in [0.4, 0.5) is 5.69 Å². The fourth-order valence-electron chi connectivity index (χ4n) is 6.19. The lowest BCUT2D eigenvalue weighted by atomic mass is 9.91. The van der Waals surface area contributed by atoms with Crippen LogP contribution in [0.3, 0.4) is 0 Å². The minimum atomic E-state index is -4.17. The normalized spacial score (nSPS) is 21.2. The fourth-order valence-corrected chi connectivity index (χ4v) is 8.81. The zero-order valence-electron chi connectivity index (χ0n) is 24.8. The van der Waals surface area contributed by atoms with Crippen LogP contribution in [-0.2, 0) is 26.0 Å². The Kier molecular flexibility index (Phi) is 10.3. The van der Waals surface area contributed by atoms with Gasteiger partial charge in [0.25, 0.3) is 5.91 Å². The van der Waals surface area contributed by atoms with Gasteiger partial charge in [0, 0.05) is 42.1 Å². The lowest BCUT2D eigenvalue weighted by Crippen LogP contribution is -2.65. The summed E-state index contributed by atoms with van der Waals surface area (Å²) in [5.41, 5.74) is -0.567. The number of nitrogens with zero attached hydrogens (tertiary/aromatic N) is 3. The predicted molar refractivity (Wildman–Crippen MR) is 175 cm³/mol. The third-order valence-electron chi connectivity index (χ3n) is 8.53. The topological polar surface area (TPSA) is 149 Å². The molecule has 2 aromatic carbocycles. The second-order valence-electron chi connectivity index (χ2n) is 11.4. The van der Waals surface area contributed by atoms with Crippen LogP contribution in [0.15, 0.2) is 65.8 Å². The molecule has 3 heterocycles. The van der Waals surface area contributed by atoms with Gasteiger partial charge < -0.3 is 15.7 Å². The Bertz CT molecular complexity index is 1730. The van der Waals surface area contributed by atoms with Crippen molar-refractivity contribution in [2.45, 2.75) is 55.1 Å². The average molecular weight is 709 g/mol. The number of hydrogen-bond donors (Lipinski definition) is 3. The monoisotopic (exact) mass is 707 g/mol. The fraction of sp³-hybridized carbons (Fsp3) is 0.355. The molecule has 0 aliphatic carbocycles. The molecule has 5 rings (SSSR count). The van der Waals surface area contributed by atoms with Crippen molar-refractivity contribution < 1.29 is 27.9 Å². The number of pyridine rings is 1. The van der Waals surface area contributed by atoms with Crippen LogP contribution in [0.25, 0.3) is 0 Å². The third-order valence-corrected chi connectivity index (χ3v) is 11.3. The number of aliphatic carboxylic acids is 1. The number of likely N-dealkylation sites (tertiary alicyclic amines) is 1. The lowest BCUT2D eigenvalue weighted by Gasteiger charge is -2.41. The first kappa shape index (κ1) is 34.1. The van der Waals surface area contributed by atoms with Gasteiger partial charge in [-0.2, -0.15) is 4.31 Å². The van der Waals surface area contributed by atoms with Crippen molar-refractivity contribution >= 4 is 68.3 Å². The van der Waals surface area contributed by atoms with Crippen molar-refractivity contribution in [2.24, 2.45) is 0 Å². The minimum Gasteiger partial charge on any atom is -0.480 e. The second kappa shape index (κ2) is 13.8. The van der Waals surface area contributed by atoms with Crippen LogP contribution in [-0.4, -0.2) is 82.8 Å². The maximum absolute atomic E-state index is 14.2. The average Bonchev–Trinajstić information content (AvgIpc) is 3.66. The summed E-state index contributed by atoms with van der Waals surface area (Å²) in [6.07, 6.45) is 4.76. The van der Waals surface area contributed by atoms with Crippen LogP contribution < -0.4 is 10.6 Å². The predicted octanol–water partition coefficient (Wildman–Crippen LogP) is 4.72. The minimum absolute atomic E-state index is 0.0449. The van der Waals surface area contributed by atoms with Gasteiger partial charge >= 0.3 is 5.97 Å². The van der Waals surface area contributed by atoms with Gasteiger partial charge in [0.05, 0.1) is 20.5 Å². The van der Waals surface area contributed by atoms with E-state index in [1.165, 1.54) is 34.9 Å². The van der Waals surface area contributed by atoms with Crippen molar-refractivity contribution in [2.75, 3.05) is 25.0 Å². The van der Waals surface area contributed by atoms with E-state index in [2.05, 4.69) is 20.5 Å². The molecule has 3 aromatic rings. The van der Waals surface area contributed by atoms with Gasteiger partial charge in [0.2, 0.25) is 15.9 Å². The molecule has 1 aromatic heterocycles. The van der Waals surface area contributed by atoms with Gasteiger partial charge in [-0.15, -0.1) is 0 Å². The molecule has 2 amide bonds. The highest BCUT2D eigenvalue weighted by Gasteiger charge is 2.58.